The molecule has 0 radical (unpaired) electrons. The molecule has 0 aliphatic carbocycles. The highest BCUT2D eigenvalue weighted by Gasteiger charge is 2.25. The van der Waals surface area contributed by atoms with Crippen LogP contribution in [0.15, 0.2) is 18.2 Å². The van der Waals surface area contributed by atoms with Crippen molar-refractivity contribution in [3.8, 4) is 0 Å². The summed E-state index contributed by atoms with van der Waals surface area (Å²) in [6, 6.07) is 3.91. The molecule has 1 heterocycles. The fraction of sp³-hybridized carbons (Fsp3) is 0.579. The zero-order valence-corrected chi connectivity index (χ0v) is 16.5. The van der Waals surface area contributed by atoms with E-state index in [2.05, 4.69) is 15.5 Å². The fourth-order valence-electron chi connectivity index (χ4n) is 2.70. The molecule has 1 fully saturated rings. The fourth-order valence-corrected chi connectivity index (χ4v) is 2.70. The average Bonchev–Trinajstić information content (AvgIpc) is 2.57. The molecule has 0 spiro atoms. The van der Waals surface area contributed by atoms with Gasteiger partial charge in [-0.1, -0.05) is 6.07 Å². The SMILES string of the molecule is Cc1ccc(F)cc1NC(=O)NCCN1CCN(C(=O)OC(C)(C)C)CC1. The second kappa shape index (κ2) is 9.03. The molecular formula is C19H29FN4O3. The zero-order valence-electron chi connectivity index (χ0n) is 16.5. The maximum atomic E-state index is 13.3. The molecule has 1 aliphatic heterocycles. The standard InChI is InChI=1S/C19H29FN4O3/c1-14-5-6-15(20)13-16(14)22-17(25)21-7-8-23-9-11-24(12-10-23)18(26)27-19(2,3)4/h5-6,13H,7-12H2,1-4H3,(H2,21,22,25). The third-order valence-electron chi connectivity index (χ3n) is 4.19. The molecule has 1 aliphatic rings. The third kappa shape index (κ3) is 7.05. The molecule has 3 amide bonds. The molecule has 1 aromatic carbocycles. The van der Waals surface area contributed by atoms with Gasteiger partial charge >= 0.3 is 12.1 Å². The lowest BCUT2D eigenvalue weighted by Gasteiger charge is -2.35. The van der Waals surface area contributed by atoms with Crippen LogP contribution in [0.4, 0.5) is 19.7 Å². The summed E-state index contributed by atoms with van der Waals surface area (Å²) in [6.07, 6.45) is -0.287. The van der Waals surface area contributed by atoms with E-state index in [0.29, 0.717) is 31.9 Å². The number of rotatable bonds is 4. The van der Waals surface area contributed by atoms with Crippen molar-refractivity contribution in [2.24, 2.45) is 0 Å². The van der Waals surface area contributed by atoms with E-state index in [0.717, 1.165) is 18.7 Å². The second-order valence-corrected chi connectivity index (χ2v) is 7.65. The summed E-state index contributed by atoms with van der Waals surface area (Å²) in [6.45, 7) is 11.2. The topological polar surface area (TPSA) is 73.9 Å². The Balaban J connectivity index is 1.67. The van der Waals surface area contributed by atoms with E-state index in [1.807, 2.05) is 20.8 Å². The Labute approximate surface area is 159 Å². The van der Waals surface area contributed by atoms with E-state index in [1.165, 1.54) is 12.1 Å². The van der Waals surface area contributed by atoms with E-state index >= 15 is 0 Å². The first kappa shape index (κ1) is 21.0. The van der Waals surface area contributed by atoms with E-state index < -0.39 is 11.4 Å². The van der Waals surface area contributed by atoms with Crippen LogP contribution in [0.2, 0.25) is 0 Å². The van der Waals surface area contributed by atoms with Crippen molar-refractivity contribution in [1.29, 1.82) is 0 Å². The van der Waals surface area contributed by atoms with Gasteiger partial charge in [-0.05, 0) is 45.4 Å². The van der Waals surface area contributed by atoms with Crippen LogP contribution in [0.3, 0.4) is 0 Å². The molecule has 0 unspecified atom stereocenters. The van der Waals surface area contributed by atoms with Gasteiger partial charge in [0.25, 0.3) is 0 Å². The minimum absolute atomic E-state index is 0.287. The third-order valence-corrected chi connectivity index (χ3v) is 4.19. The van der Waals surface area contributed by atoms with Gasteiger partial charge in [-0.2, -0.15) is 0 Å². The van der Waals surface area contributed by atoms with E-state index in [-0.39, 0.29) is 12.1 Å². The Morgan fingerprint density at radius 2 is 1.85 bits per heavy atom. The van der Waals surface area contributed by atoms with Crippen LogP contribution in [-0.2, 0) is 4.74 Å². The number of nitrogens with one attached hydrogen (secondary N) is 2. The van der Waals surface area contributed by atoms with Crippen LogP contribution >= 0.6 is 0 Å². The summed E-state index contributed by atoms with van der Waals surface area (Å²) in [4.78, 5) is 27.9. The molecule has 27 heavy (non-hydrogen) atoms. The maximum Gasteiger partial charge on any atom is 0.410 e. The van der Waals surface area contributed by atoms with Crippen LogP contribution < -0.4 is 10.6 Å². The number of benzene rings is 1. The summed E-state index contributed by atoms with van der Waals surface area (Å²) in [5.41, 5.74) is 0.759. The van der Waals surface area contributed by atoms with Gasteiger partial charge in [0, 0.05) is 45.0 Å². The molecule has 0 atom stereocenters. The molecular weight excluding hydrogens is 351 g/mol. The quantitative estimate of drug-likeness (QED) is 0.842. The number of carbonyl (C=O) groups excluding carboxylic acids is 2. The van der Waals surface area contributed by atoms with Gasteiger partial charge in [0.15, 0.2) is 0 Å². The first-order valence-electron chi connectivity index (χ1n) is 9.15. The molecule has 0 bridgehead atoms. The van der Waals surface area contributed by atoms with E-state index in [9.17, 15) is 14.0 Å². The van der Waals surface area contributed by atoms with Gasteiger partial charge in [0.1, 0.15) is 11.4 Å². The van der Waals surface area contributed by atoms with Crippen molar-refractivity contribution >= 4 is 17.8 Å². The summed E-state index contributed by atoms with van der Waals surface area (Å²) in [7, 11) is 0. The number of piperazine rings is 1. The molecule has 2 N–H and O–H groups in total. The van der Waals surface area contributed by atoms with Gasteiger partial charge in [0.2, 0.25) is 0 Å². The Morgan fingerprint density at radius 3 is 2.48 bits per heavy atom. The van der Waals surface area contributed by atoms with Crippen molar-refractivity contribution in [2.75, 3.05) is 44.6 Å². The normalized spacial score (nSPS) is 15.4. The molecule has 1 saturated heterocycles. The number of ether oxygens (including phenoxy) is 1. The predicted molar refractivity (Wildman–Crippen MR) is 102 cm³/mol. The van der Waals surface area contributed by atoms with Crippen LogP contribution in [0, 0.1) is 12.7 Å². The number of hydrogen-bond donors (Lipinski definition) is 2. The molecule has 150 valence electrons. The van der Waals surface area contributed by atoms with Gasteiger partial charge in [-0.25, -0.2) is 14.0 Å². The van der Waals surface area contributed by atoms with Crippen LogP contribution in [0.1, 0.15) is 26.3 Å². The van der Waals surface area contributed by atoms with Crippen LogP contribution in [0.5, 0.6) is 0 Å². The molecule has 0 saturated carbocycles. The van der Waals surface area contributed by atoms with Crippen molar-refractivity contribution in [1.82, 2.24) is 15.1 Å². The van der Waals surface area contributed by atoms with Gasteiger partial charge in [0.05, 0.1) is 0 Å². The number of carbonyl (C=O) groups is 2. The molecule has 0 aromatic heterocycles. The Kier molecular flexibility index (Phi) is 7.01. The lowest BCUT2D eigenvalue weighted by molar-refractivity contribution is 0.0147. The average molecular weight is 380 g/mol. The highest BCUT2D eigenvalue weighted by Crippen LogP contribution is 2.15. The van der Waals surface area contributed by atoms with E-state index in [4.69, 9.17) is 4.74 Å². The highest BCUT2D eigenvalue weighted by atomic mass is 19.1. The smallest absolute Gasteiger partial charge is 0.410 e. The minimum atomic E-state index is -0.495. The van der Waals surface area contributed by atoms with Gasteiger partial charge in [-0.3, -0.25) is 4.90 Å². The lowest BCUT2D eigenvalue weighted by Crippen LogP contribution is -2.51. The molecule has 1 aromatic rings. The largest absolute Gasteiger partial charge is 0.444 e. The van der Waals surface area contributed by atoms with E-state index in [1.54, 1.807) is 17.9 Å². The zero-order chi connectivity index (χ0) is 20.0. The Hall–Kier alpha value is -2.35. The summed E-state index contributed by atoms with van der Waals surface area (Å²) >= 11 is 0. The molecule has 8 heteroatoms. The van der Waals surface area contributed by atoms with Crippen LogP contribution in [-0.4, -0.2) is 66.8 Å². The molecule has 7 nitrogen and oxygen atoms in total. The number of amides is 3. The minimum Gasteiger partial charge on any atom is -0.444 e. The van der Waals surface area contributed by atoms with Crippen molar-refractivity contribution < 1.29 is 18.7 Å². The monoisotopic (exact) mass is 380 g/mol. The van der Waals surface area contributed by atoms with Crippen molar-refractivity contribution in [3.63, 3.8) is 0 Å². The number of hydrogen-bond acceptors (Lipinski definition) is 4. The predicted octanol–water partition coefficient (Wildman–Crippen LogP) is 2.81. The first-order valence-corrected chi connectivity index (χ1v) is 9.15. The summed E-state index contributed by atoms with van der Waals surface area (Å²) in [5.74, 6) is -0.390. The highest BCUT2D eigenvalue weighted by molar-refractivity contribution is 5.90. The van der Waals surface area contributed by atoms with Gasteiger partial charge < -0.3 is 20.3 Å². The van der Waals surface area contributed by atoms with Crippen LogP contribution in [0.25, 0.3) is 0 Å². The number of halogens is 1. The first-order chi connectivity index (χ1) is 12.6. The number of aryl methyl sites for hydroxylation is 1. The lowest BCUT2D eigenvalue weighted by atomic mass is 10.2. The molecule has 2 rings (SSSR count). The maximum absolute atomic E-state index is 13.3. The Bertz CT molecular complexity index is 667. The second-order valence-electron chi connectivity index (χ2n) is 7.65. The number of nitrogens with zero attached hydrogens (tertiary/aromatic N) is 2. The number of urea groups is 1. The Morgan fingerprint density at radius 1 is 1.19 bits per heavy atom. The number of anilines is 1. The summed E-state index contributed by atoms with van der Waals surface area (Å²) in [5, 5.41) is 5.43. The van der Waals surface area contributed by atoms with Gasteiger partial charge in [-0.15, -0.1) is 0 Å². The van der Waals surface area contributed by atoms with Crippen molar-refractivity contribution in [2.45, 2.75) is 33.3 Å². The van der Waals surface area contributed by atoms with Crippen molar-refractivity contribution in [3.05, 3.63) is 29.6 Å². The summed E-state index contributed by atoms with van der Waals surface area (Å²) < 4.78 is 18.6.